The molecule has 1 saturated heterocycles. The van der Waals surface area contributed by atoms with E-state index in [0.29, 0.717) is 25.3 Å². The van der Waals surface area contributed by atoms with Crippen molar-refractivity contribution in [3.63, 3.8) is 0 Å². The second kappa shape index (κ2) is 10.8. The molecule has 7 nitrogen and oxygen atoms in total. The van der Waals surface area contributed by atoms with E-state index in [-0.39, 0.29) is 5.91 Å². The topological polar surface area (TPSA) is 69.1 Å². The molecule has 32 heavy (non-hydrogen) atoms. The van der Waals surface area contributed by atoms with Crippen LogP contribution in [0.4, 0.5) is 11.5 Å². The van der Waals surface area contributed by atoms with E-state index in [1.54, 1.807) is 13.3 Å². The van der Waals surface area contributed by atoms with Crippen molar-refractivity contribution in [2.75, 3.05) is 62.8 Å². The van der Waals surface area contributed by atoms with Crippen LogP contribution in [0.25, 0.3) is 0 Å². The van der Waals surface area contributed by atoms with Crippen LogP contribution >= 0.6 is 0 Å². The first-order chi connectivity index (χ1) is 15.7. The first-order valence-electron chi connectivity index (χ1n) is 11.7. The molecule has 172 valence electrons. The zero-order chi connectivity index (χ0) is 22.3. The highest BCUT2D eigenvalue weighted by Gasteiger charge is 2.25. The highest BCUT2D eigenvalue weighted by Crippen LogP contribution is 2.33. The number of hydrogen-bond acceptors (Lipinski definition) is 6. The summed E-state index contributed by atoms with van der Waals surface area (Å²) in [5.41, 5.74) is 2.54. The van der Waals surface area contributed by atoms with Gasteiger partial charge in [0, 0.05) is 69.4 Å². The number of pyridine rings is 1. The Bertz CT molecular complexity index is 884. The number of anilines is 2. The van der Waals surface area contributed by atoms with Gasteiger partial charge in [-0.25, -0.2) is 4.98 Å². The van der Waals surface area contributed by atoms with Crippen molar-refractivity contribution in [3.05, 3.63) is 53.7 Å². The standard InChI is InChI=1S/C25H34N4O3/c1-32-18-17-27-12-6-2-3-7-23(30)21-19-20(9-10-22(21)27)25(31)29-15-13-28(14-16-29)24-8-4-5-11-26-24/h4-5,8-11,19,23,30H,2-3,6-7,12-18H2,1H3. The number of amides is 1. The van der Waals surface area contributed by atoms with Gasteiger partial charge in [0.25, 0.3) is 5.91 Å². The molecular weight excluding hydrogens is 404 g/mol. The Morgan fingerprint density at radius 2 is 1.94 bits per heavy atom. The Hall–Kier alpha value is -2.64. The van der Waals surface area contributed by atoms with Gasteiger partial charge in [0.2, 0.25) is 0 Å². The monoisotopic (exact) mass is 438 g/mol. The number of piperazine rings is 1. The fourth-order valence-corrected chi connectivity index (χ4v) is 4.63. The van der Waals surface area contributed by atoms with Crippen LogP contribution in [0.3, 0.4) is 0 Å². The third kappa shape index (κ3) is 5.22. The smallest absolute Gasteiger partial charge is 0.253 e. The number of fused-ring (bicyclic) bond motifs is 1. The van der Waals surface area contributed by atoms with Gasteiger partial charge < -0.3 is 24.5 Å². The fourth-order valence-electron chi connectivity index (χ4n) is 4.63. The lowest BCUT2D eigenvalue weighted by Gasteiger charge is -2.35. The van der Waals surface area contributed by atoms with Gasteiger partial charge in [0.05, 0.1) is 12.7 Å². The van der Waals surface area contributed by atoms with Crippen LogP contribution < -0.4 is 9.80 Å². The second-order valence-corrected chi connectivity index (χ2v) is 8.59. The van der Waals surface area contributed by atoms with Crippen LogP contribution in [-0.2, 0) is 4.74 Å². The summed E-state index contributed by atoms with van der Waals surface area (Å²) in [6.45, 7) is 5.20. The molecule has 0 aliphatic carbocycles. The maximum atomic E-state index is 13.3. The van der Waals surface area contributed by atoms with E-state index in [0.717, 1.165) is 68.9 Å². The average molecular weight is 439 g/mol. The average Bonchev–Trinajstić information content (AvgIpc) is 2.92. The van der Waals surface area contributed by atoms with Crippen molar-refractivity contribution >= 4 is 17.4 Å². The molecule has 0 saturated carbocycles. The Morgan fingerprint density at radius 1 is 1.09 bits per heavy atom. The number of hydrogen-bond donors (Lipinski definition) is 1. The van der Waals surface area contributed by atoms with Crippen LogP contribution in [0.1, 0.15) is 47.7 Å². The molecule has 2 aliphatic heterocycles. The molecule has 2 aromatic rings. The summed E-state index contributed by atoms with van der Waals surface area (Å²) in [5.74, 6) is 0.986. The highest BCUT2D eigenvalue weighted by atomic mass is 16.5. The van der Waals surface area contributed by atoms with Gasteiger partial charge in [0.15, 0.2) is 0 Å². The number of methoxy groups -OCH3 is 1. The van der Waals surface area contributed by atoms with Crippen LogP contribution in [0.15, 0.2) is 42.6 Å². The zero-order valence-electron chi connectivity index (χ0n) is 18.9. The number of carbonyl (C=O) groups excluding carboxylic acids is 1. The lowest BCUT2D eigenvalue weighted by Crippen LogP contribution is -2.49. The molecule has 1 N–H and O–H groups in total. The van der Waals surface area contributed by atoms with Gasteiger partial charge in [-0.2, -0.15) is 0 Å². The molecule has 7 heteroatoms. The van der Waals surface area contributed by atoms with E-state index < -0.39 is 6.10 Å². The van der Waals surface area contributed by atoms with Crippen LogP contribution in [0.5, 0.6) is 0 Å². The lowest BCUT2D eigenvalue weighted by molar-refractivity contribution is 0.0746. The number of nitrogens with zero attached hydrogens (tertiary/aromatic N) is 4. The van der Waals surface area contributed by atoms with Gasteiger partial charge in [-0.15, -0.1) is 0 Å². The number of aromatic nitrogens is 1. The molecule has 1 fully saturated rings. The molecule has 4 rings (SSSR count). The summed E-state index contributed by atoms with van der Waals surface area (Å²) in [4.78, 5) is 24.1. The van der Waals surface area contributed by atoms with Gasteiger partial charge in [-0.05, 0) is 43.2 Å². The Labute approximate surface area is 190 Å². The van der Waals surface area contributed by atoms with Gasteiger partial charge in [-0.3, -0.25) is 4.79 Å². The van der Waals surface area contributed by atoms with Crippen molar-refractivity contribution in [2.24, 2.45) is 0 Å². The third-order valence-electron chi connectivity index (χ3n) is 6.49. The van der Waals surface area contributed by atoms with Crippen LogP contribution in [-0.4, -0.2) is 73.9 Å². The van der Waals surface area contributed by atoms with Crippen molar-refractivity contribution < 1.29 is 14.6 Å². The van der Waals surface area contributed by atoms with Gasteiger partial charge >= 0.3 is 0 Å². The maximum Gasteiger partial charge on any atom is 0.253 e. The highest BCUT2D eigenvalue weighted by molar-refractivity contribution is 5.95. The molecule has 0 spiro atoms. The Balaban J connectivity index is 1.50. The minimum atomic E-state index is -0.554. The molecule has 1 unspecified atom stereocenters. The fraction of sp³-hybridized carbons (Fsp3) is 0.520. The largest absolute Gasteiger partial charge is 0.388 e. The SMILES string of the molecule is COCCN1CCCCCC(O)c2cc(C(=O)N3CCN(c4ccccn4)CC3)ccc21. The summed E-state index contributed by atoms with van der Waals surface area (Å²) < 4.78 is 5.30. The molecule has 2 aliphatic rings. The normalized spacial score (nSPS) is 19.7. The summed E-state index contributed by atoms with van der Waals surface area (Å²) >= 11 is 0. The first kappa shape index (κ1) is 22.6. The van der Waals surface area contributed by atoms with E-state index in [2.05, 4.69) is 14.8 Å². The van der Waals surface area contributed by atoms with E-state index in [1.165, 1.54) is 0 Å². The molecule has 1 atom stereocenters. The van der Waals surface area contributed by atoms with E-state index in [1.807, 2.05) is 41.3 Å². The minimum absolute atomic E-state index is 0.0315. The second-order valence-electron chi connectivity index (χ2n) is 8.59. The summed E-state index contributed by atoms with van der Waals surface area (Å²) in [6, 6.07) is 11.7. The maximum absolute atomic E-state index is 13.3. The van der Waals surface area contributed by atoms with Crippen molar-refractivity contribution in [3.8, 4) is 0 Å². The number of carbonyl (C=O) groups is 1. The minimum Gasteiger partial charge on any atom is -0.388 e. The molecule has 3 heterocycles. The molecular formula is C25H34N4O3. The van der Waals surface area contributed by atoms with Gasteiger partial charge in [-0.1, -0.05) is 18.9 Å². The zero-order valence-corrected chi connectivity index (χ0v) is 18.9. The predicted octanol–water partition coefficient (Wildman–Crippen LogP) is 3.10. The molecule has 0 bridgehead atoms. The summed E-state index contributed by atoms with van der Waals surface area (Å²) in [5, 5.41) is 10.9. The molecule has 1 amide bonds. The summed E-state index contributed by atoms with van der Waals surface area (Å²) in [7, 11) is 1.71. The number of aliphatic hydroxyl groups is 1. The van der Waals surface area contributed by atoms with Crippen LogP contribution in [0.2, 0.25) is 0 Å². The van der Waals surface area contributed by atoms with E-state index in [4.69, 9.17) is 4.74 Å². The van der Waals surface area contributed by atoms with Crippen molar-refractivity contribution in [1.29, 1.82) is 0 Å². The van der Waals surface area contributed by atoms with Crippen LogP contribution in [0, 0.1) is 0 Å². The van der Waals surface area contributed by atoms with E-state index >= 15 is 0 Å². The predicted molar refractivity (Wildman–Crippen MR) is 126 cm³/mol. The lowest BCUT2D eigenvalue weighted by atomic mass is 9.98. The molecule has 0 radical (unpaired) electrons. The van der Waals surface area contributed by atoms with E-state index in [9.17, 15) is 9.90 Å². The number of ether oxygens (including phenoxy) is 1. The number of rotatable bonds is 5. The Morgan fingerprint density at radius 3 is 2.69 bits per heavy atom. The first-order valence-corrected chi connectivity index (χ1v) is 11.7. The third-order valence-corrected chi connectivity index (χ3v) is 6.49. The molecule has 1 aromatic heterocycles. The number of aliphatic hydroxyl groups excluding tert-OH is 1. The van der Waals surface area contributed by atoms with Crippen molar-refractivity contribution in [2.45, 2.75) is 31.8 Å². The number of benzene rings is 1. The quantitative estimate of drug-likeness (QED) is 0.774. The van der Waals surface area contributed by atoms with Gasteiger partial charge in [0.1, 0.15) is 5.82 Å². The van der Waals surface area contributed by atoms with Crippen molar-refractivity contribution in [1.82, 2.24) is 9.88 Å². The summed E-state index contributed by atoms with van der Waals surface area (Å²) in [6.07, 6.45) is 5.16. The Kier molecular flexibility index (Phi) is 7.60. The molecule has 1 aromatic carbocycles.